The summed E-state index contributed by atoms with van der Waals surface area (Å²) >= 11 is 0. The van der Waals surface area contributed by atoms with E-state index in [-0.39, 0.29) is 25.0 Å². The monoisotopic (exact) mass is 620 g/mol. The molecular weight excluding hydrogens is 584 g/mol. The lowest BCUT2D eigenvalue weighted by Gasteiger charge is -2.31. The number of fused-ring (bicyclic) bond motifs is 3. The van der Waals surface area contributed by atoms with Crippen molar-refractivity contribution < 1.29 is 19.4 Å². The van der Waals surface area contributed by atoms with Crippen molar-refractivity contribution in [2.75, 3.05) is 13.2 Å². The van der Waals surface area contributed by atoms with E-state index in [0.29, 0.717) is 24.7 Å². The number of carbonyl (C=O) groups excluding carboxylic acids is 1. The van der Waals surface area contributed by atoms with Gasteiger partial charge in [-0.05, 0) is 63.2 Å². The molecule has 0 saturated carbocycles. The molecule has 1 heterocycles. The van der Waals surface area contributed by atoms with Crippen LogP contribution < -0.4 is 10.1 Å². The van der Waals surface area contributed by atoms with Crippen molar-refractivity contribution in [1.29, 1.82) is 0 Å². The molecular formula is C41H36N2O4. The highest BCUT2D eigenvalue weighted by molar-refractivity contribution is 6.01. The van der Waals surface area contributed by atoms with Crippen LogP contribution >= 0.6 is 0 Å². The van der Waals surface area contributed by atoms with Gasteiger partial charge in [-0.25, -0.2) is 4.99 Å². The van der Waals surface area contributed by atoms with E-state index in [4.69, 9.17) is 19.6 Å². The van der Waals surface area contributed by atoms with E-state index in [0.717, 1.165) is 44.5 Å². The van der Waals surface area contributed by atoms with Gasteiger partial charge in [0.1, 0.15) is 5.75 Å². The van der Waals surface area contributed by atoms with E-state index in [9.17, 15) is 4.79 Å². The van der Waals surface area contributed by atoms with Crippen molar-refractivity contribution in [3.8, 4) is 28.0 Å². The molecule has 234 valence electrons. The van der Waals surface area contributed by atoms with E-state index in [1.165, 1.54) is 0 Å². The summed E-state index contributed by atoms with van der Waals surface area (Å²) in [6.07, 6.45) is 1.87. The molecule has 2 N–H and O–H groups in total. The molecule has 6 heteroatoms. The Hall–Kier alpha value is -5.46. The Morgan fingerprint density at radius 3 is 2.04 bits per heavy atom. The first-order valence-corrected chi connectivity index (χ1v) is 16.0. The molecule has 0 spiro atoms. The fourth-order valence-corrected chi connectivity index (χ4v) is 6.58. The molecule has 0 fully saturated rings. The van der Waals surface area contributed by atoms with E-state index >= 15 is 0 Å². The van der Waals surface area contributed by atoms with Gasteiger partial charge in [-0.3, -0.25) is 4.79 Å². The van der Waals surface area contributed by atoms with Crippen molar-refractivity contribution in [3.05, 3.63) is 162 Å². The van der Waals surface area contributed by atoms with Crippen molar-refractivity contribution in [2.24, 2.45) is 4.99 Å². The minimum atomic E-state index is -1.31. The van der Waals surface area contributed by atoms with Crippen LogP contribution in [0.5, 0.6) is 5.75 Å². The third-order valence-corrected chi connectivity index (χ3v) is 8.92. The lowest BCUT2D eigenvalue weighted by atomic mass is 9.83. The average Bonchev–Trinajstić information content (AvgIpc) is 3.66. The first kappa shape index (κ1) is 30.2. The largest absolute Gasteiger partial charge is 0.494 e. The second-order valence-electron chi connectivity index (χ2n) is 11.9. The van der Waals surface area contributed by atoms with Crippen LogP contribution in [-0.4, -0.2) is 35.7 Å². The summed E-state index contributed by atoms with van der Waals surface area (Å²) in [5.41, 5.74) is 6.80. The summed E-state index contributed by atoms with van der Waals surface area (Å²) in [6, 6.07) is 41.9. The first-order chi connectivity index (χ1) is 23.1. The predicted molar refractivity (Wildman–Crippen MR) is 185 cm³/mol. The number of amides is 1. The number of aliphatic imine (C=N–C) groups is 1. The topological polar surface area (TPSA) is 80.2 Å². The van der Waals surface area contributed by atoms with Crippen LogP contribution in [0.4, 0.5) is 0 Å². The zero-order valence-corrected chi connectivity index (χ0v) is 26.0. The molecule has 5 aromatic carbocycles. The summed E-state index contributed by atoms with van der Waals surface area (Å²) in [4.78, 5) is 19.9. The number of nitrogens with zero attached hydrogens (tertiary/aromatic N) is 1. The Balaban J connectivity index is 1.27. The number of aliphatic hydroxyl groups excluding tert-OH is 1. The van der Waals surface area contributed by atoms with Crippen molar-refractivity contribution in [3.63, 3.8) is 0 Å². The lowest BCUT2D eigenvalue weighted by molar-refractivity contribution is -0.129. The molecule has 1 aliphatic carbocycles. The standard InChI is InChI=1S/C41H36N2O4/c1-2-25-41(40(45)42-37-35-15-8-6-13-33(35)34-14-7-9-16-36(34)37)38(30-19-17-29(18-20-30)28-11-4-3-5-12-28)47-39(43-41)31-21-23-32(24-22-31)46-27-10-26-44/h2-9,11-24,37-38,44H,1,10,25-27H2,(H,42,45)/t38-,41-/m1/s1. The molecule has 0 aromatic heterocycles. The molecule has 1 amide bonds. The van der Waals surface area contributed by atoms with E-state index in [2.05, 4.69) is 60.4 Å². The number of benzene rings is 5. The minimum Gasteiger partial charge on any atom is -0.494 e. The summed E-state index contributed by atoms with van der Waals surface area (Å²) in [5, 5.41) is 12.5. The van der Waals surface area contributed by atoms with Gasteiger partial charge < -0.3 is 19.9 Å². The van der Waals surface area contributed by atoms with Gasteiger partial charge in [-0.15, -0.1) is 6.58 Å². The van der Waals surface area contributed by atoms with Crippen LogP contribution in [0, 0.1) is 0 Å². The SMILES string of the molecule is C=CC[C@@]1(C(=O)NC2c3ccccc3-c3ccccc32)N=C(c2ccc(OCCCO)cc2)O[C@@H]1c1ccc(-c2ccccc2)cc1. The Bertz CT molecular complexity index is 1870. The molecule has 47 heavy (non-hydrogen) atoms. The number of hydrogen-bond donors (Lipinski definition) is 2. The highest BCUT2D eigenvalue weighted by Gasteiger charge is 2.53. The van der Waals surface area contributed by atoms with Crippen molar-refractivity contribution >= 4 is 11.8 Å². The van der Waals surface area contributed by atoms with Gasteiger partial charge in [0, 0.05) is 25.0 Å². The maximum Gasteiger partial charge on any atom is 0.253 e. The van der Waals surface area contributed by atoms with Gasteiger partial charge in [0.15, 0.2) is 11.6 Å². The van der Waals surface area contributed by atoms with Crippen LogP contribution in [0.3, 0.4) is 0 Å². The number of aliphatic hydroxyl groups is 1. The quantitative estimate of drug-likeness (QED) is 0.117. The van der Waals surface area contributed by atoms with Gasteiger partial charge in [-0.2, -0.15) is 0 Å². The molecule has 7 rings (SSSR count). The maximum atomic E-state index is 14.8. The fraction of sp³-hybridized carbons (Fsp3) is 0.171. The number of nitrogens with one attached hydrogen (secondary N) is 1. The first-order valence-electron chi connectivity index (χ1n) is 16.0. The van der Waals surface area contributed by atoms with Crippen LogP contribution in [-0.2, 0) is 9.53 Å². The van der Waals surface area contributed by atoms with E-state index in [1.807, 2.05) is 78.9 Å². The summed E-state index contributed by atoms with van der Waals surface area (Å²) < 4.78 is 12.4. The van der Waals surface area contributed by atoms with Crippen LogP contribution in [0.25, 0.3) is 22.3 Å². The van der Waals surface area contributed by atoms with Gasteiger partial charge in [0.25, 0.3) is 5.91 Å². The zero-order valence-electron chi connectivity index (χ0n) is 26.0. The molecule has 6 nitrogen and oxygen atoms in total. The lowest BCUT2D eigenvalue weighted by Crippen LogP contribution is -2.49. The van der Waals surface area contributed by atoms with Crippen LogP contribution in [0.15, 0.2) is 145 Å². The van der Waals surface area contributed by atoms with Crippen molar-refractivity contribution in [1.82, 2.24) is 5.32 Å². The molecule has 2 aliphatic rings. The van der Waals surface area contributed by atoms with Gasteiger partial charge >= 0.3 is 0 Å². The maximum absolute atomic E-state index is 14.8. The summed E-state index contributed by atoms with van der Waals surface area (Å²) in [7, 11) is 0. The van der Waals surface area contributed by atoms with Crippen molar-refractivity contribution in [2.45, 2.75) is 30.5 Å². The number of ether oxygens (including phenoxy) is 2. The molecule has 0 bridgehead atoms. The summed E-state index contributed by atoms with van der Waals surface area (Å²) in [5.74, 6) is 0.834. The second kappa shape index (κ2) is 13.1. The van der Waals surface area contributed by atoms with E-state index in [1.54, 1.807) is 6.08 Å². The average molecular weight is 621 g/mol. The third-order valence-electron chi connectivity index (χ3n) is 8.92. The normalized spacial score (nSPS) is 18.1. The number of rotatable bonds is 11. The molecule has 0 saturated heterocycles. The Kier molecular flexibility index (Phi) is 8.42. The number of carbonyl (C=O) groups is 1. The molecule has 5 aromatic rings. The summed E-state index contributed by atoms with van der Waals surface area (Å²) in [6.45, 7) is 4.54. The second-order valence-corrected chi connectivity index (χ2v) is 11.9. The Morgan fingerprint density at radius 1 is 0.809 bits per heavy atom. The fourth-order valence-electron chi connectivity index (χ4n) is 6.58. The molecule has 2 atom stereocenters. The molecule has 0 unspecified atom stereocenters. The Morgan fingerprint density at radius 2 is 1.40 bits per heavy atom. The molecule has 1 aliphatic heterocycles. The zero-order chi connectivity index (χ0) is 32.2. The number of hydrogen-bond acceptors (Lipinski definition) is 5. The predicted octanol–water partition coefficient (Wildman–Crippen LogP) is 7.83. The van der Waals surface area contributed by atoms with Crippen LogP contribution in [0.1, 0.15) is 47.2 Å². The highest BCUT2D eigenvalue weighted by Crippen LogP contribution is 2.46. The van der Waals surface area contributed by atoms with Gasteiger partial charge in [0.2, 0.25) is 5.90 Å². The van der Waals surface area contributed by atoms with E-state index < -0.39 is 11.6 Å². The highest BCUT2D eigenvalue weighted by atomic mass is 16.5. The minimum absolute atomic E-state index is 0.0714. The Labute approximate surface area is 275 Å². The van der Waals surface area contributed by atoms with Gasteiger partial charge in [-0.1, -0.05) is 109 Å². The van der Waals surface area contributed by atoms with Gasteiger partial charge in [0.05, 0.1) is 12.6 Å². The third kappa shape index (κ3) is 5.73. The van der Waals surface area contributed by atoms with Crippen LogP contribution in [0.2, 0.25) is 0 Å². The smallest absolute Gasteiger partial charge is 0.253 e. The molecule has 0 radical (unpaired) electrons.